The second-order valence-electron chi connectivity index (χ2n) is 4.02. The van der Waals surface area contributed by atoms with Gasteiger partial charge in [-0.05, 0) is 36.5 Å². The molecule has 1 atom stereocenters. The van der Waals surface area contributed by atoms with Gasteiger partial charge in [0, 0.05) is 5.92 Å². The molecule has 1 aromatic rings. The van der Waals surface area contributed by atoms with Crippen LogP contribution in [-0.4, -0.2) is 18.8 Å². The molecule has 1 saturated carbocycles. The number of rotatable bonds is 4. The second kappa shape index (κ2) is 4.42. The zero-order valence-electron chi connectivity index (χ0n) is 8.74. The molecule has 0 heterocycles. The summed E-state index contributed by atoms with van der Waals surface area (Å²) < 4.78 is 5.09. The van der Waals surface area contributed by atoms with Gasteiger partial charge in [0.2, 0.25) is 0 Å². The first kappa shape index (κ1) is 10.8. The van der Waals surface area contributed by atoms with Crippen LogP contribution in [0.1, 0.15) is 24.3 Å². The quantitative estimate of drug-likeness (QED) is 0.856. The molecule has 1 aliphatic carbocycles. The first-order chi connectivity index (χ1) is 7.26. The maximum absolute atomic E-state index is 9.33. The molecule has 1 aromatic carbocycles. The SMILES string of the molecule is COc1ccc(C(CO)C2CC2)cc1Cl. The Morgan fingerprint density at radius 1 is 1.53 bits per heavy atom. The number of ether oxygens (including phenoxy) is 1. The van der Waals surface area contributed by atoms with Gasteiger partial charge in [-0.25, -0.2) is 0 Å². The molecule has 0 aromatic heterocycles. The van der Waals surface area contributed by atoms with E-state index in [0.29, 0.717) is 16.7 Å². The molecule has 0 bridgehead atoms. The van der Waals surface area contributed by atoms with Gasteiger partial charge in [-0.3, -0.25) is 0 Å². The van der Waals surface area contributed by atoms with E-state index in [1.165, 1.54) is 12.8 Å². The summed E-state index contributed by atoms with van der Waals surface area (Å²) in [6.07, 6.45) is 2.43. The molecule has 2 nitrogen and oxygen atoms in total. The number of aliphatic hydroxyl groups excluding tert-OH is 1. The highest BCUT2D eigenvalue weighted by atomic mass is 35.5. The molecular formula is C12H15ClO2. The minimum absolute atomic E-state index is 0.202. The molecule has 3 heteroatoms. The Labute approximate surface area is 94.8 Å². The summed E-state index contributed by atoms with van der Waals surface area (Å²) in [4.78, 5) is 0. The zero-order valence-corrected chi connectivity index (χ0v) is 9.50. The fraction of sp³-hybridized carbons (Fsp3) is 0.500. The highest BCUT2D eigenvalue weighted by Crippen LogP contribution is 2.43. The van der Waals surface area contributed by atoms with E-state index in [1.807, 2.05) is 18.2 Å². The van der Waals surface area contributed by atoms with Crippen LogP contribution in [0.2, 0.25) is 5.02 Å². The van der Waals surface area contributed by atoms with E-state index in [9.17, 15) is 5.11 Å². The molecule has 15 heavy (non-hydrogen) atoms. The number of halogens is 1. The Bertz CT molecular complexity index is 347. The summed E-state index contributed by atoms with van der Waals surface area (Å²) in [5, 5.41) is 9.95. The molecule has 1 unspecified atom stereocenters. The van der Waals surface area contributed by atoms with Gasteiger partial charge in [0.15, 0.2) is 0 Å². The van der Waals surface area contributed by atoms with Crippen molar-refractivity contribution in [1.29, 1.82) is 0 Å². The van der Waals surface area contributed by atoms with Crippen molar-refractivity contribution < 1.29 is 9.84 Å². The van der Waals surface area contributed by atoms with Gasteiger partial charge in [-0.2, -0.15) is 0 Å². The van der Waals surface area contributed by atoms with Crippen molar-refractivity contribution in [2.24, 2.45) is 5.92 Å². The van der Waals surface area contributed by atoms with Crippen LogP contribution in [0.5, 0.6) is 5.75 Å². The van der Waals surface area contributed by atoms with E-state index in [4.69, 9.17) is 16.3 Å². The first-order valence-electron chi connectivity index (χ1n) is 5.20. The topological polar surface area (TPSA) is 29.5 Å². The largest absolute Gasteiger partial charge is 0.495 e. The van der Waals surface area contributed by atoms with Crippen LogP contribution in [0.4, 0.5) is 0 Å². The van der Waals surface area contributed by atoms with Gasteiger partial charge in [0.25, 0.3) is 0 Å². The minimum atomic E-state index is 0.202. The van der Waals surface area contributed by atoms with E-state index >= 15 is 0 Å². The predicted molar refractivity (Wildman–Crippen MR) is 60.6 cm³/mol. The third kappa shape index (κ3) is 2.27. The van der Waals surface area contributed by atoms with E-state index in [2.05, 4.69) is 0 Å². The summed E-state index contributed by atoms with van der Waals surface area (Å²) in [5.41, 5.74) is 1.12. The van der Waals surface area contributed by atoms with Crippen molar-refractivity contribution in [3.05, 3.63) is 28.8 Å². The molecule has 0 spiro atoms. The van der Waals surface area contributed by atoms with E-state index in [1.54, 1.807) is 7.11 Å². The summed E-state index contributed by atoms with van der Waals surface area (Å²) in [6.45, 7) is 0.202. The summed E-state index contributed by atoms with van der Waals surface area (Å²) >= 11 is 6.05. The smallest absolute Gasteiger partial charge is 0.137 e. The predicted octanol–water partition coefficient (Wildman–Crippen LogP) is 2.83. The van der Waals surface area contributed by atoms with Crippen molar-refractivity contribution >= 4 is 11.6 Å². The lowest BCUT2D eigenvalue weighted by atomic mass is 9.95. The van der Waals surface area contributed by atoms with Gasteiger partial charge >= 0.3 is 0 Å². The molecule has 1 N–H and O–H groups in total. The van der Waals surface area contributed by atoms with Crippen molar-refractivity contribution in [1.82, 2.24) is 0 Å². The van der Waals surface area contributed by atoms with Crippen molar-refractivity contribution in [2.45, 2.75) is 18.8 Å². The Kier molecular flexibility index (Phi) is 3.17. The standard InChI is InChI=1S/C12H15ClO2/c1-15-12-5-4-9(6-11(12)13)10(7-14)8-2-3-8/h4-6,8,10,14H,2-3,7H2,1H3. The molecule has 82 valence electrons. The van der Waals surface area contributed by atoms with E-state index in [-0.39, 0.29) is 12.5 Å². The minimum Gasteiger partial charge on any atom is -0.495 e. The van der Waals surface area contributed by atoms with Crippen LogP contribution in [-0.2, 0) is 0 Å². The first-order valence-corrected chi connectivity index (χ1v) is 5.58. The Morgan fingerprint density at radius 3 is 2.73 bits per heavy atom. The van der Waals surface area contributed by atoms with E-state index in [0.717, 1.165) is 5.56 Å². The number of benzene rings is 1. The van der Waals surface area contributed by atoms with Gasteiger partial charge in [0.1, 0.15) is 5.75 Å². The van der Waals surface area contributed by atoms with Crippen LogP contribution in [0.25, 0.3) is 0 Å². The zero-order chi connectivity index (χ0) is 10.8. The lowest BCUT2D eigenvalue weighted by molar-refractivity contribution is 0.253. The van der Waals surface area contributed by atoms with Gasteiger partial charge < -0.3 is 9.84 Å². The van der Waals surface area contributed by atoms with Crippen LogP contribution in [0.3, 0.4) is 0 Å². The molecule has 2 rings (SSSR count). The lowest BCUT2D eigenvalue weighted by Crippen LogP contribution is -2.06. The number of hydrogen-bond donors (Lipinski definition) is 1. The normalized spacial score (nSPS) is 17.5. The van der Waals surface area contributed by atoms with Gasteiger partial charge in [0.05, 0.1) is 18.7 Å². The third-order valence-corrected chi connectivity index (χ3v) is 3.29. The maximum atomic E-state index is 9.33. The average molecular weight is 227 g/mol. The fourth-order valence-corrected chi connectivity index (χ4v) is 2.20. The van der Waals surface area contributed by atoms with Gasteiger partial charge in [-0.15, -0.1) is 0 Å². The molecule has 0 amide bonds. The molecule has 0 radical (unpaired) electrons. The summed E-state index contributed by atoms with van der Waals surface area (Å²) in [6, 6.07) is 5.76. The van der Waals surface area contributed by atoms with Crippen LogP contribution in [0.15, 0.2) is 18.2 Å². The number of hydrogen-bond acceptors (Lipinski definition) is 2. The van der Waals surface area contributed by atoms with Gasteiger partial charge in [-0.1, -0.05) is 17.7 Å². The molecule has 1 aliphatic rings. The highest BCUT2D eigenvalue weighted by Gasteiger charge is 2.31. The summed E-state index contributed by atoms with van der Waals surface area (Å²) in [5.74, 6) is 1.57. The third-order valence-electron chi connectivity index (χ3n) is 2.99. The van der Waals surface area contributed by atoms with Crippen LogP contribution < -0.4 is 4.74 Å². The van der Waals surface area contributed by atoms with Crippen LogP contribution in [0, 0.1) is 5.92 Å². The number of aliphatic hydroxyl groups is 1. The Balaban J connectivity index is 2.23. The maximum Gasteiger partial charge on any atom is 0.137 e. The second-order valence-corrected chi connectivity index (χ2v) is 4.43. The molecule has 0 saturated heterocycles. The average Bonchev–Trinajstić information content (AvgIpc) is 3.03. The fourth-order valence-electron chi connectivity index (χ4n) is 1.94. The highest BCUT2D eigenvalue weighted by molar-refractivity contribution is 6.32. The molecule has 0 aliphatic heterocycles. The van der Waals surface area contributed by atoms with Crippen molar-refractivity contribution in [2.75, 3.05) is 13.7 Å². The molecule has 1 fully saturated rings. The molecular weight excluding hydrogens is 212 g/mol. The Morgan fingerprint density at radius 2 is 2.27 bits per heavy atom. The number of methoxy groups -OCH3 is 1. The Hall–Kier alpha value is -0.730. The van der Waals surface area contributed by atoms with Crippen molar-refractivity contribution in [3.8, 4) is 5.75 Å². The van der Waals surface area contributed by atoms with E-state index < -0.39 is 0 Å². The lowest BCUT2D eigenvalue weighted by Gasteiger charge is -2.14. The van der Waals surface area contributed by atoms with Crippen LogP contribution >= 0.6 is 11.6 Å². The monoisotopic (exact) mass is 226 g/mol. The summed E-state index contributed by atoms with van der Waals surface area (Å²) in [7, 11) is 1.60. The van der Waals surface area contributed by atoms with Crippen molar-refractivity contribution in [3.63, 3.8) is 0 Å².